The fourth-order valence-corrected chi connectivity index (χ4v) is 3.39. The normalized spacial score (nSPS) is 21.3. The second-order valence-corrected chi connectivity index (χ2v) is 7.20. The molecule has 1 aromatic rings. The number of amides is 1. The van der Waals surface area contributed by atoms with E-state index < -0.39 is 0 Å². The first-order valence-electron chi connectivity index (χ1n) is 8.94. The third-order valence-electron chi connectivity index (χ3n) is 4.72. The minimum absolute atomic E-state index is 0.143. The van der Waals surface area contributed by atoms with Gasteiger partial charge in [0.25, 0.3) is 5.91 Å². The largest absolute Gasteiger partial charge is 0.381 e. The van der Waals surface area contributed by atoms with Crippen LogP contribution in [0.1, 0.15) is 31.4 Å². The van der Waals surface area contributed by atoms with E-state index in [-0.39, 0.29) is 29.4 Å². The fraction of sp³-hybridized carbons (Fsp3) is 0.524. The molecular formula is C21H28N2O2. The van der Waals surface area contributed by atoms with Crippen molar-refractivity contribution >= 4 is 5.91 Å². The molecular weight excluding hydrogens is 312 g/mol. The van der Waals surface area contributed by atoms with Gasteiger partial charge in [0.05, 0.1) is 6.10 Å². The highest BCUT2D eigenvalue weighted by atomic mass is 16.5. The third kappa shape index (κ3) is 5.17. The van der Waals surface area contributed by atoms with E-state index >= 15 is 0 Å². The number of piperidine rings is 1. The minimum Gasteiger partial charge on any atom is -0.381 e. The Bertz CT molecular complexity index is 655. The van der Waals surface area contributed by atoms with Crippen molar-refractivity contribution in [3.8, 4) is 6.07 Å². The molecule has 1 aromatic carbocycles. The van der Waals surface area contributed by atoms with E-state index in [4.69, 9.17) is 4.74 Å². The first-order chi connectivity index (χ1) is 11.9. The second-order valence-electron chi connectivity index (χ2n) is 7.20. The van der Waals surface area contributed by atoms with E-state index in [0.29, 0.717) is 13.1 Å². The van der Waals surface area contributed by atoms with Crippen molar-refractivity contribution in [2.24, 2.45) is 11.8 Å². The van der Waals surface area contributed by atoms with Gasteiger partial charge in [-0.15, -0.1) is 0 Å². The number of ether oxygens (including phenoxy) is 1. The number of allylic oxidation sites excluding steroid dienone is 1. The summed E-state index contributed by atoms with van der Waals surface area (Å²) in [7, 11) is 1.74. The van der Waals surface area contributed by atoms with Gasteiger partial charge in [-0.05, 0) is 31.2 Å². The predicted octanol–water partition coefficient (Wildman–Crippen LogP) is 3.51. The molecule has 2 atom stereocenters. The Morgan fingerprint density at radius 1 is 1.40 bits per heavy atom. The zero-order chi connectivity index (χ0) is 18.4. The summed E-state index contributed by atoms with van der Waals surface area (Å²) in [6.07, 6.45) is 3.57. The molecule has 0 aromatic heterocycles. The molecule has 25 heavy (non-hydrogen) atoms. The molecule has 0 saturated carbocycles. The Morgan fingerprint density at radius 3 is 2.64 bits per heavy atom. The maximum Gasteiger partial charge on any atom is 0.264 e. The SMILES string of the molecule is CO[C@@H]1CCN(C(=O)/C(C#N)=C/C(C)C)C[C@H]1Cc1ccc(C)cc1. The van der Waals surface area contributed by atoms with Gasteiger partial charge in [-0.25, -0.2) is 0 Å². The number of nitrogens with zero attached hydrogens (tertiary/aromatic N) is 2. The minimum atomic E-state index is -0.153. The van der Waals surface area contributed by atoms with Gasteiger partial charge in [-0.1, -0.05) is 49.8 Å². The smallest absolute Gasteiger partial charge is 0.264 e. The van der Waals surface area contributed by atoms with Gasteiger partial charge in [0.15, 0.2) is 0 Å². The number of carbonyl (C=O) groups excluding carboxylic acids is 1. The van der Waals surface area contributed by atoms with Crippen molar-refractivity contribution < 1.29 is 9.53 Å². The first-order valence-corrected chi connectivity index (χ1v) is 8.94. The maximum absolute atomic E-state index is 12.7. The molecule has 0 spiro atoms. The van der Waals surface area contributed by atoms with Crippen LogP contribution in [0.4, 0.5) is 0 Å². The van der Waals surface area contributed by atoms with Crippen LogP contribution < -0.4 is 0 Å². The molecule has 4 heteroatoms. The van der Waals surface area contributed by atoms with Gasteiger partial charge in [0.2, 0.25) is 0 Å². The monoisotopic (exact) mass is 340 g/mol. The molecule has 134 valence electrons. The lowest BCUT2D eigenvalue weighted by Crippen LogP contribution is -2.47. The van der Waals surface area contributed by atoms with E-state index in [2.05, 4.69) is 37.3 Å². The summed E-state index contributed by atoms with van der Waals surface area (Å²) in [5.41, 5.74) is 2.75. The number of carbonyl (C=O) groups is 1. The number of benzene rings is 1. The number of rotatable bonds is 5. The summed E-state index contributed by atoms with van der Waals surface area (Å²) < 4.78 is 5.66. The third-order valence-corrected chi connectivity index (χ3v) is 4.72. The lowest BCUT2D eigenvalue weighted by Gasteiger charge is -2.38. The number of aryl methyl sites for hydroxylation is 1. The van der Waals surface area contributed by atoms with Crippen LogP contribution in [-0.4, -0.2) is 37.1 Å². The molecule has 0 unspecified atom stereocenters. The van der Waals surface area contributed by atoms with Gasteiger partial charge in [0.1, 0.15) is 11.6 Å². The van der Waals surface area contributed by atoms with Crippen molar-refractivity contribution in [2.75, 3.05) is 20.2 Å². The summed E-state index contributed by atoms with van der Waals surface area (Å²) in [4.78, 5) is 14.5. The predicted molar refractivity (Wildman–Crippen MR) is 98.9 cm³/mol. The molecule has 1 heterocycles. The van der Waals surface area contributed by atoms with Crippen LogP contribution in [-0.2, 0) is 16.0 Å². The Balaban J connectivity index is 2.12. The number of nitriles is 1. The van der Waals surface area contributed by atoms with Gasteiger partial charge in [-0.2, -0.15) is 5.26 Å². The molecule has 4 nitrogen and oxygen atoms in total. The van der Waals surface area contributed by atoms with Crippen LogP contribution in [0.25, 0.3) is 0 Å². The summed E-state index contributed by atoms with van der Waals surface area (Å²) in [6, 6.07) is 10.6. The average Bonchev–Trinajstić information content (AvgIpc) is 2.60. The number of hydrogen-bond donors (Lipinski definition) is 0. The molecule has 0 bridgehead atoms. The van der Waals surface area contributed by atoms with Gasteiger partial charge in [0, 0.05) is 26.1 Å². The van der Waals surface area contributed by atoms with Crippen molar-refractivity contribution in [3.05, 3.63) is 47.0 Å². The van der Waals surface area contributed by atoms with Crippen LogP contribution in [0.2, 0.25) is 0 Å². The van der Waals surface area contributed by atoms with Crippen molar-refractivity contribution in [3.63, 3.8) is 0 Å². The molecule has 1 amide bonds. The van der Waals surface area contributed by atoms with Crippen LogP contribution in [0.3, 0.4) is 0 Å². The van der Waals surface area contributed by atoms with Crippen molar-refractivity contribution in [2.45, 2.75) is 39.7 Å². The summed E-state index contributed by atoms with van der Waals surface area (Å²) in [5.74, 6) is 0.266. The molecule has 1 fully saturated rings. The van der Waals surface area contributed by atoms with Crippen molar-refractivity contribution in [1.29, 1.82) is 5.26 Å². The van der Waals surface area contributed by atoms with Crippen LogP contribution in [0, 0.1) is 30.1 Å². The average molecular weight is 340 g/mol. The molecule has 0 aliphatic carbocycles. The van der Waals surface area contributed by atoms with Gasteiger partial charge in [-0.3, -0.25) is 4.79 Å². The standard InChI is InChI=1S/C21H28N2O2/c1-15(2)11-18(13-22)21(24)23-10-9-20(25-4)19(14-23)12-17-7-5-16(3)6-8-17/h5-8,11,15,19-20H,9-10,12,14H2,1-4H3/b18-11+/t19-,20-/m1/s1. The second kappa shape index (κ2) is 8.82. The lowest BCUT2D eigenvalue weighted by atomic mass is 9.88. The Morgan fingerprint density at radius 2 is 2.08 bits per heavy atom. The maximum atomic E-state index is 12.7. The van der Waals surface area contributed by atoms with Crippen molar-refractivity contribution in [1.82, 2.24) is 4.90 Å². The highest BCUT2D eigenvalue weighted by molar-refractivity contribution is 5.97. The highest BCUT2D eigenvalue weighted by Crippen LogP contribution is 2.25. The fourth-order valence-electron chi connectivity index (χ4n) is 3.39. The lowest BCUT2D eigenvalue weighted by molar-refractivity contribution is -0.131. The Kier molecular flexibility index (Phi) is 6.78. The van der Waals surface area contributed by atoms with E-state index in [1.165, 1.54) is 11.1 Å². The van der Waals surface area contributed by atoms with E-state index in [1.807, 2.05) is 18.7 Å². The Hall–Kier alpha value is -2.12. The van der Waals surface area contributed by atoms with E-state index in [0.717, 1.165) is 12.8 Å². The van der Waals surface area contributed by atoms with Crippen LogP contribution in [0.15, 0.2) is 35.9 Å². The zero-order valence-corrected chi connectivity index (χ0v) is 15.7. The molecule has 0 radical (unpaired) electrons. The topological polar surface area (TPSA) is 53.3 Å². The molecule has 2 rings (SSSR count). The van der Waals surface area contributed by atoms with E-state index in [1.54, 1.807) is 13.2 Å². The first kappa shape index (κ1) is 19.2. The number of likely N-dealkylation sites (tertiary alicyclic amines) is 1. The van der Waals surface area contributed by atoms with Crippen LogP contribution >= 0.6 is 0 Å². The van der Waals surface area contributed by atoms with Gasteiger partial charge >= 0.3 is 0 Å². The highest BCUT2D eigenvalue weighted by Gasteiger charge is 2.32. The summed E-state index contributed by atoms with van der Waals surface area (Å²) in [6.45, 7) is 7.29. The number of hydrogen-bond acceptors (Lipinski definition) is 3. The number of methoxy groups -OCH3 is 1. The summed E-state index contributed by atoms with van der Waals surface area (Å²) >= 11 is 0. The molecule has 0 N–H and O–H groups in total. The zero-order valence-electron chi connectivity index (χ0n) is 15.7. The van der Waals surface area contributed by atoms with Gasteiger partial charge < -0.3 is 9.64 Å². The van der Waals surface area contributed by atoms with Crippen LogP contribution in [0.5, 0.6) is 0 Å². The summed E-state index contributed by atoms with van der Waals surface area (Å²) in [5, 5.41) is 9.31. The molecule has 1 aliphatic rings. The molecule has 1 saturated heterocycles. The molecule has 1 aliphatic heterocycles. The van der Waals surface area contributed by atoms with E-state index in [9.17, 15) is 10.1 Å². The quantitative estimate of drug-likeness (QED) is 0.609. The Labute approximate surface area is 151 Å².